The number of methoxy groups -OCH3 is 1. The Kier molecular flexibility index (Phi) is 5.17. The molecule has 0 N–H and O–H groups in total. The zero-order valence-electron chi connectivity index (χ0n) is 11.0. The highest BCUT2D eigenvalue weighted by Crippen LogP contribution is 2.27. The Bertz CT molecular complexity index is 447. The molecule has 0 fully saturated rings. The first-order valence-electron chi connectivity index (χ1n) is 6.28. The third-order valence-corrected chi connectivity index (χ3v) is 2.98. The second kappa shape index (κ2) is 7.10. The van der Waals surface area contributed by atoms with E-state index in [4.69, 9.17) is 20.6 Å². The molecule has 0 bridgehead atoms. The Labute approximate surface area is 114 Å². The van der Waals surface area contributed by atoms with Crippen LogP contribution in [0.5, 0.6) is 0 Å². The normalized spacial score (nSPS) is 26.0. The highest BCUT2D eigenvalue weighted by molar-refractivity contribution is 5.23. The molecule has 0 saturated carbocycles. The standard InChI is InChI=1S/C16H18O3/c1-3-11-18-15-10-9-14(19-16(15)12-17-2)13-7-5-4-6-8-13/h1,4-10,14-16H,11-12H2,2H3/t14-,15-,16+/m0/s1. The molecule has 1 aliphatic heterocycles. The van der Waals surface area contributed by atoms with E-state index in [1.807, 2.05) is 42.5 Å². The first kappa shape index (κ1) is 13.8. The van der Waals surface area contributed by atoms with Crippen LogP contribution in [-0.4, -0.2) is 32.5 Å². The molecule has 19 heavy (non-hydrogen) atoms. The van der Waals surface area contributed by atoms with Gasteiger partial charge < -0.3 is 14.2 Å². The second-order valence-electron chi connectivity index (χ2n) is 4.33. The van der Waals surface area contributed by atoms with Crippen molar-refractivity contribution in [2.75, 3.05) is 20.3 Å². The molecule has 0 unspecified atom stereocenters. The molecule has 0 aliphatic carbocycles. The van der Waals surface area contributed by atoms with Gasteiger partial charge in [-0.05, 0) is 5.56 Å². The van der Waals surface area contributed by atoms with E-state index in [9.17, 15) is 0 Å². The molecule has 3 atom stereocenters. The monoisotopic (exact) mass is 258 g/mol. The summed E-state index contributed by atoms with van der Waals surface area (Å²) in [5.41, 5.74) is 1.12. The van der Waals surface area contributed by atoms with Crippen LogP contribution in [0.2, 0.25) is 0 Å². The molecule has 0 spiro atoms. The SMILES string of the molecule is C#CCO[C@H]1C=C[C@@H](c2ccccc2)O[C@@H]1COC. The minimum atomic E-state index is -0.157. The van der Waals surface area contributed by atoms with Crippen molar-refractivity contribution in [1.29, 1.82) is 0 Å². The molecule has 0 saturated heterocycles. The molecular weight excluding hydrogens is 240 g/mol. The molecule has 1 aromatic carbocycles. The second-order valence-corrected chi connectivity index (χ2v) is 4.33. The maximum absolute atomic E-state index is 6.02. The van der Waals surface area contributed by atoms with E-state index in [0.717, 1.165) is 5.56 Å². The predicted octanol–water partition coefficient (Wildman–Crippen LogP) is 2.35. The van der Waals surface area contributed by atoms with Gasteiger partial charge in [-0.3, -0.25) is 0 Å². The Morgan fingerprint density at radius 2 is 2.05 bits per heavy atom. The summed E-state index contributed by atoms with van der Waals surface area (Å²) in [5, 5.41) is 0. The van der Waals surface area contributed by atoms with Crippen molar-refractivity contribution in [3.05, 3.63) is 48.0 Å². The summed E-state index contributed by atoms with van der Waals surface area (Å²) in [6, 6.07) is 10.1. The van der Waals surface area contributed by atoms with Crippen molar-refractivity contribution < 1.29 is 14.2 Å². The third kappa shape index (κ3) is 3.68. The topological polar surface area (TPSA) is 27.7 Å². The van der Waals surface area contributed by atoms with Crippen LogP contribution in [0, 0.1) is 12.3 Å². The Morgan fingerprint density at radius 3 is 2.74 bits per heavy atom. The summed E-state index contributed by atoms with van der Waals surface area (Å²) in [6.45, 7) is 0.748. The lowest BCUT2D eigenvalue weighted by Gasteiger charge is -2.31. The molecule has 100 valence electrons. The minimum Gasteiger partial charge on any atom is -0.382 e. The zero-order chi connectivity index (χ0) is 13.5. The van der Waals surface area contributed by atoms with Gasteiger partial charge in [0.25, 0.3) is 0 Å². The van der Waals surface area contributed by atoms with Crippen LogP contribution in [0.4, 0.5) is 0 Å². The average Bonchev–Trinajstić information content (AvgIpc) is 2.47. The third-order valence-electron chi connectivity index (χ3n) is 2.98. The Balaban J connectivity index is 2.09. The van der Waals surface area contributed by atoms with Crippen molar-refractivity contribution >= 4 is 0 Å². The van der Waals surface area contributed by atoms with E-state index in [0.29, 0.717) is 6.61 Å². The van der Waals surface area contributed by atoms with Gasteiger partial charge in [-0.25, -0.2) is 0 Å². The predicted molar refractivity (Wildman–Crippen MR) is 73.6 cm³/mol. The number of benzene rings is 1. The molecule has 0 amide bonds. The fourth-order valence-electron chi connectivity index (χ4n) is 2.08. The van der Waals surface area contributed by atoms with Crippen LogP contribution in [-0.2, 0) is 14.2 Å². The molecular formula is C16H18O3. The highest BCUT2D eigenvalue weighted by atomic mass is 16.6. The van der Waals surface area contributed by atoms with Crippen LogP contribution in [0.15, 0.2) is 42.5 Å². The summed E-state index contributed by atoms with van der Waals surface area (Å²) >= 11 is 0. The van der Waals surface area contributed by atoms with Crippen molar-refractivity contribution in [3.8, 4) is 12.3 Å². The van der Waals surface area contributed by atoms with Crippen LogP contribution < -0.4 is 0 Å². The van der Waals surface area contributed by atoms with Crippen molar-refractivity contribution in [3.63, 3.8) is 0 Å². The van der Waals surface area contributed by atoms with E-state index in [2.05, 4.69) is 5.92 Å². The van der Waals surface area contributed by atoms with Crippen molar-refractivity contribution in [2.45, 2.75) is 18.3 Å². The van der Waals surface area contributed by atoms with Crippen LogP contribution in [0.25, 0.3) is 0 Å². The number of hydrogen-bond acceptors (Lipinski definition) is 3. The average molecular weight is 258 g/mol. The molecule has 3 nitrogen and oxygen atoms in total. The van der Waals surface area contributed by atoms with Gasteiger partial charge in [0.2, 0.25) is 0 Å². The first-order chi connectivity index (χ1) is 9.35. The minimum absolute atomic E-state index is 0.0629. The van der Waals surface area contributed by atoms with E-state index in [1.54, 1.807) is 7.11 Å². The largest absolute Gasteiger partial charge is 0.382 e. The molecule has 0 aromatic heterocycles. The number of ether oxygens (including phenoxy) is 3. The lowest BCUT2D eigenvalue weighted by molar-refractivity contribution is -0.103. The Hall–Kier alpha value is -1.60. The summed E-state index contributed by atoms with van der Waals surface area (Å²) in [5.74, 6) is 2.47. The summed E-state index contributed by atoms with van der Waals surface area (Å²) in [4.78, 5) is 0. The molecule has 1 aromatic rings. The number of terminal acetylenes is 1. The lowest BCUT2D eigenvalue weighted by atomic mass is 10.0. The van der Waals surface area contributed by atoms with Crippen LogP contribution in [0.3, 0.4) is 0 Å². The van der Waals surface area contributed by atoms with Gasteiger partial charge >= 0.3 is 0 Å². The van der Waals surface area contributed by atoms with E-state index in [-0.39, 0.29) is 24.9 Å². The van der Waals surface area contributed by atoms with E-state index >= 15 is 0 Å². The molecule has 2 rings (SSSR count). The maximum atomic E-state index is 6.02. The van der Waals surface area contributed by atoms with Gasteiger partial charge in [0.1, 0.15) is 24.9 Å². The fourth-order valence-corrected chi connectivity index (χ4v) is 2.08. The number of rotatable bonds is 5. The number of hydrogen-bond donors (Lipinski definition) is 0. The van der Waals surface area contributed by atoms with Crippen LogP contribution >= 0.6 is 0 Å². The molecule has 0 radical (unpaired) electrons. The summed E-state index contributed by atoms with van der Waals surface area (Å²) in [6.07, 6.45) is 8.85. The van der Waals surface area contributed by atoms with Gasteiger partial charge in [0.15, 0.2) is 0 Å². The fraction of sp³-hybridized carbons (Fsp3) is 0.375. The van der Waals surface area contributed by atoms with Crippen LogP contribution in [0.1, 0.15) is 11.7 Å². The molecule has 1 heterocycles. The molecule has 1 aliphatic rings. The lowest BCUT2D eigenvalue weighted by Crippen LogP contribution is -2.37. The van der Waals surface area contributed by atoms with Gasteiger partial charge in [-0.1, -0.05) is 48.4 Å². The Morgan fingerprint density at radius 1 is 1.26 bits per heavy atom. The summed E-state index contributed by atoms with van der Waals surface area (Å²) < 4.78 is 16.8. The van der Waals surface area contributed by atoms with Crippen molar-refractivity contribution in [1.82, 2.24) is 0 Å². The first-order valence-corrected chi connectivity index (χ1v) is 6.28. The maximum Gasteiger partial charge on any atom is 0.112 e. The van der Waals surface area contributed by atoms with Gasteiger partial charge in [0.05, 0.1) is 6.61 Å². The molecule has 3 heteroatoms. The highest BCUT2D eigenvalue weighted by Gasteiger charge is 2.28. The van der Waals surface area contributed by atoms with Gasteiger partial charge in [-0.2, -0.15) is 0 Å². The van der Waals surface area contributed by atoms with E-state index in [1.165, 1.54) is 0 Å². The zero-order valence-corrected chi connectivity index (χ0v) is 11.0. The van der Waals surface area contributed by atoms with Crippen molar-refractivity contribution in [2.24, 2.45) is 0 Å². The van der Waals surface area contributed by atoms with Gasteiger partial charge in [0, 0.05) is 7.11 Å². The quantitative estimate of drug-likeness (QED) is 0.599. The van der Waals surface area contributed by atoms with E-state index < -0.39 is 0 Å². The van der Waals surface area contributed by atoms with Gasteiger partial charge in [-0.15, -0.1) is 6.42 Å². The summed E-state index contributed by atoms with van der Waals surface area (Å²) in [7, 11) is 1.65. The smallest absolute Gasteiger partial charge is 0.112 e.